The summed E-state index contributed by atoms with van der Waals surface area (Å²) in [6.45, 7) is 1.83. The van der Waals surface area contributed by atoms with E-state index >= 15 is 0 Å². The number of hydrogen-bond acceptors (Lipinski definition) is 3. The third-order valence-electron chi connectivity index (χ3n) is 3.84. The molecule has 1 aliphatic heterocycles. The number of hydrogen-bond donors (Lipinski definition) is 1. The average Bonchev–Trinajstić information content (AvgIpc) is 2.50. The molecule has 0 radical (unpaired) electrons. The van der Waals surface area contributed by atoms with Crippen LogP contribution >= 0.6 is 23.2 Å². The number of likely N-dealkylation sites (N-methyl/N-ethyl adjacent to an activating group) is 1. The fraction of sp³-hybridized carbons (Fsp3) is 0.533. The molecule has 1 heterocycles. The van der Waals surface area contributed by atoms with E-state index in [2.05, 4.69) is 0 Å². The van der Waals surface area contributed by atoms with Crippen LogP contribution in [0.15, 0.2) is 18.2 Å². The summed E-state index contributed by atoms with van der Waals surface area (Å²) >= 11 is 11.9. The fourth-order valence-corrected chi connectivity index (χ4v) is 2.84. The maximum atomic E-state index is 12.4. The van der Waals surface area contributed by atoms with Crippen LogP contribution in [0.3, 0.4) is 0 Å². The van der Waals surface area contributed by atoms with Gasteiger partial charge in [-0.2, -0.15) is 0 Å². The zero-order chi connectivity index (χ0) is 15.4. The van der Waals surface area contributed by atoms with Crippen molar-refractivity contribution >= 4 is 29.1 Å². The van der Waals surface area contributed by atoms with Crippen LogP contribution in [0.4, 0.5) is 0 Å². The number of carbonyl (C=O) groups is 1. The van der Waals surface area contributed by atoms with Crippen molar-refractivity contribution in [1.82, 2.24) is 4.90 Å². The van der Waals surface area contributed by atoms with Gasteiger partial charge in [-0.05, 0) is 36.5 Å². The lowest BCUT2D eigenvalue weighted by Crippen LogP contribution is -2.47. The fourth-order valence-electron chi connectivity index (χ4n) is 2.52. The first-order valence-electron chi connectivity index (χ1n) is 7.01. The van der Waals surface area contributed by atoms with Crippen LogP contribution in [-0.2, 0) is 16.1 Å². The van der Waals surface area contributed by atoms with Crippen molar-refractivity contribution in [3.05, 3.63) is 33.8 Å². The Labute approximate surface area is 135 Å². The van der Waals surface area contributed by atoms with Gasteiger partial charge in [0, 0.05) is 26.8 Å². The van der Waals surface area contributed by atoms with E-state index in [9.17, 15) is 4.79 Å². The number of amides is 1. The van der Waals surface area contributed by atoms with E-state index in [0.717, 1.165) is 18.4 Å². The summed E-state index contributed by atoms with van der Waals surface area (Å²) in [6, 6.07) is 4.89. The first kappa shape index (κ1) is 16.6. The van der Waals surface area contributed by atoms with Gasteiger partial charge in [0.25, 0.3) is 0 Å². The first-order valence-corrected chi connectivity index (χ1v) is 7.77. The third kappa shape index (κ3) is 4.33. The van der Waals surface area contributed by atoms with Crippen molar-refractivity contribution in [2.45, 2.75) is 25.4 Å². The largest absolute Gasteiger partial charge is 0.381 e. The molecule has 2 N–H and O–H groups in total. The van der Waals surface area contributed by atoms with Gasteiger partial charge in [0.15, 0.2) is 0 Å². The standard InChI is InChI=1S/C15H20Cl2N2O2/c1-19(9-10-2-3-12(16)13(17)8-10)15(20)14(18)11-4-6-21-7-5-11/h2-3,8,11,14H,4-7,9,18H2,1H3. The van der Waals surface area contributed by atoms with Crippen LogP contribution < -0.4 is 5.73 Å². The van der Waals surface area contributed by atoms with Crippen LogP contribution in [0.5, 0.6) is 0 Å². The van der Waals surface area contributed by atoms with Gasteiger partial charge in [-0.15, -0.1) is 0 Å². The highest BCUT2D eigenvalue weighted by atomic mass is 35.5. The Morgan fingerprint density at radius 1 is 1.38 bits per heavy atom. The number of rotatable bonds is 4. The molecule has 1 amide bonds. The smallest absolute Gasteiger partial charge is 0.239 e. The second kappa shape index (κ2) is 7.45. The summed E-state index contributed by atoms with van der Waals surface area (Å²) in [5.74, 6) is 0.149. The number of carbonyl (C=O) groups excluding carboxylic acids is 1. The molecular weight excluding hydrogens is 311 g/mol. The summed E-state index contributed by atoms with van der Waals surface area (Å²) in [5.41, 5.74) is 7.04. The highest BCUT2D eigenvalue weighted by Gasteiger charge is 2.28. The molecule has 1 aliphatic rings. The molecule has 0 aromatic heterocycles. The van der Waals surface area contributed by atoms with Gasteiger partial charge in [0.05, 0.1) is 16.1 Å². The minimum atomic E-state index is -0.471. The van der Waals surface area contributed by atoms with Gasteiger partial charge >= 0.3 is 0 Å². The Morgan fingerprint density at radius 3 is 2.67 bits per heavy atom. The molecule has 2 rings (SSSR count). The Kier molecular flexibility index (Phi) is 5.88. The van der Waals surface area contributed by atoms with Gasteiger partial charge < -0.3 is 15.4 Å². The molecular formula is C15H20Cl2N2O2. The molecule has 1 aromatic carbocycles. The van der Waals surface area contributed by atoms with Crippen molar-refractivity contribution in [2.24, 2.45) is 11.7 Å². The molecule has 4 nitrogen and oxygen atoms in total. The Morgan fingerprint density at radius 2 is 2.05 bits per heavy atom. The molecule has 1 saturated heterocycles. The minimum absolute atomic E-state index is 0.0482. The van der Waals surface area contributed by atoms with Gasteiger partial charge in [-0.1, -0.05) is 29.3 Å². The molecule has 1 unspecified atom stereocenters. The number of nitrogens with zero attached hydrogens (tertiary/aromatic N) is 1. The van der Waals surface area contributed by atoms with E-state index in [1.54, 1.807) is 24.1 Å². The predicted octanol–water partition coefficient (Wildman–Crippen LogP) is 2.71. The van der Waals surface area contributed by atoms with Crippen molar-refractivity contribution < 1.29 is 9.53 Å². The Bertz CT molecular complexity index is 504. The van der Waals surface area contributed by atoms with Gasteiger partial charge in [0.2, 0.25) is 5.91 Å². The lowest BCUT2D eigenvalue weighted by Gasteiger charge is -2.29. The van der Waals surface area contributed by atoms with E-state index in [0.29, 0.717) is 29.8 Å². The number of benzene rings is 1. The minimum Gasteiger partial charge on any atom is -0.381 e. The number of halogens is 2. The number of nitrogens with two attached hydrogens (primary N) is 1. The molecule has 21 heavy (non-hydrogen) atoms. The van der Waals surface area contributed by atoms with Crippen LogP contribution in [-0.4, -0.2) is 37.1 Å². The molecule has 0 saturated carbocycles. The zero-order valence-corrected chi connectivity index (χ0v) is 13.5. The lowest BCUT2D eigenvalue weighted by atomic mass is 9.91. The molecule has 116 valence electrons. The third-order valence-corrected chi connectivity index (χ3v) is 4.58. The monoisotopic (exact) mass is 330 g/mol. The predicted molar refractivity (Wildman–Crippen MR) is 84.5 cm³/mol. The molecule has 1 aromatic rings. The van der Waals surface area contributed by atoms with Gasteiger partial charge in [-0.3, -0.25) is 4.79 Å². The number of ether oxygens (including phenoxy) is 1. The molecule has 0 bridgehead atoms. The van der Waals surface area contributed by atoms with Crippen molar-refractivity contribution in [3.63, 3.8) is 0 Å². The van der Waals surface area contributed by atoms with E-state index < -0.39 is 6.04 Å². The van der Waals surface area contributed by atoms with E-state index in [4.69, 9.17) is 33.7 Å². The van der Waals surface area contributed by atoms with Gasteiger partial charge in [-0.25, -0.2) is 0 Å². The summed E-state index contributed by atoms with van der Waals surface area (Å²) in [7, 11) is 1.75. The van der Waals surface area contributed by atoms with E-state index in [1.807, 2.05) is 6.07 Å². The van der Waals surface area contributed by atoms with Crippen molar-refractivity contribution in [1.29, 1.82) is 0 Å². The SMILES string of the molecule is CN(Cc1ccc(Cl)c(Cl)c1)C(=O)C(N)C1CCOCC1. The Hall–Kier alpha value is -0.810. The normalized spacial score (nSPS) is 17.5. The van der Waals surface area contributed by atoms with Crippen LogP contribution in [0.2, 0.25) is 10.0 Å². The maximum Gasteiger partial charge on any atom is 0.239 e. The highest BCUT2D eigenvalue weighted by molar-refractivity contribution is 6.42. The highest BCUT2D eigenvalue weighted by Crippen LogP contribution is 2.24. The van der Waals surface area contributed by atoms with E-state index in [1.165, 1.54) is 0 Å². The lowest BCUT2D eigenvalue weighted by molar-refractivity contribution is -0.133. The van der Waals surface area contributed by atoms with Crippen molar-refractivity contribution in [2.75, 3.05) is 20.3 Å². The van der Waals surface area contributed by atoms with Crippen LogP contribution in [0.25, 0.3) is 0 Å². The average molecular weight is 331 g/mol. The second-order valence-electron chi connectivity index (χ2n) is 5.42. The summed E-state index contributed by atoms with van der Waals surface area (Å²) in [6.07, 6.45) is 1.68. The quantitative estimate of drug-likeness (QED) is 0.923. The molecule has 0 aliphatic carbocycles. The van der Waals surface area contributed by atoms with Gasteiger partial charge in [0.1, 0.15) is 0 Å². The zero-order valence-electron chi connectivity index (χ0n) is 12.0. The van der Waals surface area contributed by atoms with Crippen LogP contribution in [0.1, 0.15) is 18.4 Å². The summed E-state index contributed by atoms with van der Waals surface area (Å²) in [5, 5.41) is 0.997. The van der Waals surface area contributed by atoms with Crippen molar-refractivity contribution in [3.8, 4) is 0 Å². The molecule has 6 heteroatoms. The summed E-state index contributed by atoms with van der Waals surface area (Å²) < 4.78 is 5.30. The van der Waals surface area contributed by atoms with Crippen LogP contribution in [0, 0.1) is 5.92 Å². The summed E-state index contributed by atoms with van der Waals surface area (Å²) in [4.78, 5) is 14.0. The topological polar surface area (TPSA) is 55.6 Å². The molecule has 0 spiro atoms. The maximum absolute atomic E-state index is 12.4. The molecule has 1 atom stereocenters. The Balaban J connectivity index is 1.96. The second-order valence-corrected chi connectivity index (χ2v) is 6.23. The molecule has 1 fully saturated rings. The first-order chi connectivity index (χ1) is 9.99. The van der Waals surface area contributed by atoms with E-state index in [-0.39, 0.29) is 11.8 Å².